The van der Waals surface area contributed by atoms with E-state index >= 15 is 0 Å². The molecule has 0 heterocycles. The molecule has 0 fully saturated rings. The largest absolute Gasteiger partial charge is 0.496 e. The van der Waals surface area contributed by atoms with E-state index in [1.165, 1.54) is 0 Å². The Labute approximate surface area is 129 Å². The van der Waals surface area contributed by atoms with Crippen LogP contribution in [0.15, 0.2) is 60.7 Å². The van der Waals surface area contributed by atoms with Crippen LogP contribution in [0, 0.1) is 11.3 Å². The summed E-state index contributed by atoms with van der Waals surface area (Å²) in [5, 5.41) is 9.89. The molecular weight excluding hydrogens is 282 g/mol. The average Bonchev–Trinajstić information content (AvgIpc) is 2.53. The summed E-state index contributed by atoms with van der Waals surface area (Å²) < 4.78 is 5.28. The molecule has 0 bridgehead atoms. The fourth-order valence-corrected chi connectivity index (χ4v) is 2.01. The van der Waals surface area contributed by atoms with Gasteiger partial charge in [-0.2, -0.15) is 5.26 Å². The number of halogens is 1. The quantitative estimate of drug-likeness (QED) is 0.589. The van der Waals surface area contributed by atoms with Crippen LogP contribution in [0.25, 0.3) is 11.6 Å². The third-order valence-corrected chi connectivity index (χ3v) is 3.21. The maximum absolute atomic E-state index is 9.24. The maximum atomic E-state index is 9.24. The van der Waals surface area contributed by atoms with Crippen molar-refractivity contribution in [2.45, 2.75) is 0 Å². The Balaban J connectivity index is 2.24. The summed E-state index contributed by atoms with van der Waals surface area (Å²) >= 11 is 5.85. The van der Waals surface area contributed by atoms with E-state index < -0.39 is 0 Å². The fraction of sp³-hybridized carbons (Fsp3) is 0.0556. The van der Waals surface area contributed by atoms with Crippen molar-refractivity contribution in [3.63, 3.8) is 0 Å². The molecule has 104 valence electrons. The zero-order chi connectivity index (χ0) is 15.1. The second-order valence-electron chi connectivity index (χ2n) is 4.30. The summed E-state index contributed by atoms with van der Waals surface area (Å²) in [7, 11) is 1.64. The summed E-state index contributed by atoms with van der Waals surface area (Å²) in [6, 6.07) is 17.1. The van der Waals surface area contributed by atoms with Crippen molar-refractivity contribution in [1.29, 1.82) is 5.26 Å². The highest BCUT2D eigenvalue weighted by Crippen LogP contribution is 2.20. The lowest BCUT2D eigenvalue weighted by Gasteiger charge is -2.02. The summed E-state index contributed by atoms with van der Waals surface area (Å²) in [6.07, 6.45) is 5.52. The van der Waals surface area contributed by atoms with Gasteiger partial charge in [0.25, 0.3) is 0 Å². The summed E-state index contributed by atoms with van der Waals surface area (Å²) in [5.41, 5.74) is 2.38. The van der Waals surface area contributed by atoms with Gasteiger partial charge in [-0.15, -0.1) is 0 Å². The van der Waals surface area contributed by atoms with Crippen LogP contribution >= 0.6 is 11.6 Å². The molecule has 0 spiro atoms. The molecule has 2 aromatic rings. The molecule has 0 amide bonds. The molecule has 2 aromatic carbocycles. The molecule has 2 nitrogen and oxygen atoms in total. The number of methoxy groups -OCH3 is 1. The third kappa shape index (κ3) is 3.98. The number of ether oxygens (including phenoxy) is 1. The molecule has 0 saturated carbocycles. The predicted molar refractivity (Wildman–Crippen MR) is 87.1 cm³/mol. The molecule has 0 aliphatic heterocycles. The van der Waals surface area contributed by atoms with Gasteiger partial charge in [0.1, 0.15) is 5.75 Å². The lowest BCUT2D eigenvalue weighted by atomic mass is 10.1. The van der Waals surface area contributed by atoms with E-state index in [-0.39, 0.29) is 0 Å². The highest BCUT2D eigenvalue weighted by atomic mass is 35.5. The molecule has 0 atom stereocenters. The minimum Gasteiger partial charge on any atom is -0.496 e. The first-order valence-corrected chi connectivity index (χ1v) is 6.80. The Morgan fingerprint density at radius 3 is 2.52 bits per heavy atom. The molecular formula is C18H14ClNO. The number of nitrogens with zero attached hydrogens (tertiary/aromatic N) is 1. The number of rotatable bonds is 4. The van der Waals surface area contributed by atoms with Gasteiger partial charge in [0.2, 0.25) is 0 Å². The molecule has 0 unspecified atom stereocenters. The second-order valence-corrected chi connectivity index (χ2v) is 4.74. The van der Waals surface area contributed by atoms with Gasteiger partial charge in [0.05, 0.1) is 18.8 Å². The SMILES string of the molecule is COc1ccccc1C=CC=C(C#N)c1ccc(Cl)cc1. The van der Waals surface area contributed by atoms with Crippen molar-refractivity contribution in [2.75, 3.05) is 7.11 Å². The zero-order valence-electron chi connectivity index (χ0n) is 11.6. The van der Waals surface area contributed by atoms with Gasteiger partial charge in [0, 0.05) is 10.6 Å². The fourth-order valence-electron chi connectivity index (χ4n) is 1.88. The summed E-state index contributed by atoms with van der Waals surface area (Å²) in [6.45, 7) is 0. The molecule has 0 aliphatic rings. The topological polar surface area (TPSA) is 33.0 Å². The van der Waals surface area contributed by atoms with Crippen LogP contribution in [0.2, 0.25) is 5.02 Å². The van der Waals surface area contributed by atoms with Gasteiger partial charge in [-0.25, -0.2) is 0 Å². The molecule has 0 radical (unpaired) electrons. The Hall–Kier alpha value is -2.50. The summed E-state index contributed by atoms with van der Waals surface area (Å²) in [5.74, 6) is 0.798. The first-order chi connectivity index (χ1) is 10.2. The number of allylic oxidation sites excluding steroid dienone is 3. The molecule has 0 aliphatic carbocycles. The van der Waals surface area contributed by atoms with Gasteiger partial charge in [-0.1, -0.05) is 54.1 Å². The highest BCUT2D eigenvalue weighted by Gasteiger charge is 1.99. The van der Waals surface area contributed by atoms with Crippen molar-refractivity contribution in [3.8, 4) is 11.8 Å². The second kappa shape index (κ2) is 7.33. The Morgan fingerprint density at radius 2 is 1.86 bits per heavy atom. The van der Waals surface area contributed by atoms with Gasteiger partial charge in [0.15, 0.2) is 0 Å². The predicted octanol–water partition coefficient (Wildman–Crippen LogP) is 4.97. The van der Waals surface area contributed by atoms with Crippen molar-refractivity contribution < 1.29 is 4.74 Å². The molecule has 0 saturated heterocycles. The van der Waals surface area contributed by atoms with Crippen molar-refractivity contribution in [3.05, 3.63) is 76.8 Å². The zero-order valence-corrected chi connectivity index (χ0v) is 12.3. The number of hydrogen-bond donors (Lipinski definition) is 0. The van der Waals surface area contributed by atoms with Crippen molar-refractivity contribution in [1.82, 2.24) is 0 Å². The molecule has 21 heavy (non-hydrogen) atoms. The van der Waals surface area contributed by atoms with Crippen molar-refractivity contribution in [2.24, 2.45) is 0 Å². The number of para-hydroxylation sites is 1. The van der Waals surface area contributed by atoms with Crippen LogP contribution in [0.5, 0.6) is 5.75 Å². The van der Waals surface area contributed by atoms with E-state index in [4.69, 9.17) is 16.3 Å². The molecule has 0 aromatic heterocycles. The minimum absolute atomic E-state index is 0.581. The molecule has 0 N–H and O–H groups in total. The van der Waals surface area contributed by atoms with Gasteiger partial charge in [-0.05, 0) is 29.8 Å². The Bertz CT molecular complexity index is 709. The average molecular weight is 296 g/mol. The number of benzene rings is 2. The van der Waals surface area contributed by atoms with Gasteiger partial charge < -0.3 is 4.74 Å². The first kappa shape index (κ1) is 14.9. The van der Waals surface area contributed by atoms with Crippen LogP contribution in [-0.2, 0) is 0 Å². The first-order valence-electron chi connectivity index (χ1n) is 6.42. The minimum atomic E-state index is 0.581. The smallest absolute Gasteiger partial charge is 0.126 e. The monoisotopic (exact) mass is 295 g/mol. The number of nitriles is 1. The van der Waals surface area contributed by atoms with Crippen molar-refractivity contribution >= 4 is 23.3 Å². The lowest BCUT2D eigenvalue weighted by Crippen LogP contribution is -1.85. The van der Waals surface area contributed by atoms with E-state index in [9.17, 15) is 5.26 Å². The highest BCUT2D eigenvalue weighted by molar-refractivity contribution is 6.30. The third-order valence-electron chi connectivity index (χ3n) is 2.95. The van der Waals surface area contributed by atoms with Gasteiger partial charge in [-0.3, -0.25) is 0 Å². The summed E-state index contributed by atoms with van der Waals surface area (Å²) in [4.78, 5) is 0. The van der Waals surface area contributed by atoms with Crippen LogP contribution in [0.1, 0.15) is 11.1 Å². The van der Waals surface area contributed by atoms with Gasteiger partial charge >= 0.3 is 0 Å². The van der Waals surface area contributed by atoms with Crippen LogP contribution in [0.4, 0.5) is 0 Å². The van der Waals surface area contributed by atoms with E-state index in [0.29, 0.717) is 10.6 Å². The Morgan fingerprint density at radius 1 is 1.14 bits per heavy atom. The molecule has 2 rings (SSSR count). The van der Waals surface area contributed by atoms with E-state index in [1.54, 1.807) is 25.3 Å². The normalized spacial score (nSPS) is 11.4. The Kier molecular flexibility index (Phi) is 5.20. The lowest BCUT2D eigenvalue weighted by molar-refractivity contribution is 0.414. The van der Waals surface area contributed by atoms with E-state index in [0.717, 1.165) is 16.9 Å². The van der Waals surface area contributed by atoms with E-state index in [1.807, 2.05) is 48.6 Å². The number of hydrogen-bond acceptors (Lipinski definition) is 2. The van der Waals surface area contributed by atoms with Crippen LogP contribution < -0.4 is 4.74 Å². The maximum Gasteiger partial charge on any atom is 0.126 e. The molecule has 3 heteroatoms. The van der Waals surface area contributed by atoms with E-state index in [2.05, 4.69) is 6.07 Å². The van der Waals surface area contributed by atoms with Crippen LogP contribution in [0.3, 0.4) is 0 Å². The van der Waals surface area contributed by atoms with Crippen LogP contribution in [-0.4, -0.2) is 7.11 Å². The standard InChI is InChI=1S/C18H14ClNO/c1-21-18-8-3-2-5-15(18)6-4-7-16(13-20)14-9-11-17(19)12-10-14/h2-12H,1H3.